The fraction of sp³-hybridized carbons (Fsp3) is 0.818. The normalized spacial score (nSPS) is 17.4. The van der Waals surface area contributed by atoms with Crippen LogP contribution in [0.1, 0.15) is 33.6 Å². The first-order valence-corrected chi connectivity index (χ1v) is 5.61. The smallest absolute Gasteiger partial charge is 0.411 e. The van der Waals surface area contributed by atoms with Gasteiger partial charge in [-0.1, -0.05) is 0 Å². The van der Waals surface area contributed by atoms with Gasteiger partial charge in [-0.05, 0) is 33.6 Å². The minimum Gasteiger partial charge on any atom is -0.480 e. The van der Waals surface area contributed by atoms with E-state index in [1.165, 1.54) is 0 Å². The predicted molar refractivity (Wildman–Crippen MR) is 59.6 cm³/mol. The van der Waals surface area contributed by atoms with Crippen molar-refractivity contribution in [1.82, 2.24) is 4.90 Å². The molecule has 6 nitrogen and oxygen atoms in total. The van der Waals surface area contributed by atoms with E-state index in [1.807, 2.05) is 0 Å². The molecular weight excluding hydrogens is 226 g/mol. The van der Waals surface area contributed by atoms with Crippen LogP contribution >= 0.6 is 0 Å². The standard InChI is InChI=1S/C11H19NO5/c1-11(2,3)17-10(16)12(7-4-5-7)8(6-13)9(14)15/h7-8,13H,4-6H2,1-3H3,(H,14,15)/t8-/m0/s1. The SMILES string of the molecule is CC(C)(C)OC(=O)N(C1CC1)[C@@H](CO)C(=O)O. The van der Waals surface area contributed by atoms with E-state index < -0.39 is 30.3 Å². The number of carbonyl (C=O) groups excluding carboxylic acids is 1. The Morgan fingerprint density at radius 2 is 1.94 bits per heavy atom. The average molecular weight is 245 g/mol. The second kappa shape index (κ2) is 4.91. The molecule has 0 heterocycles. The zero-order valence-corrected chi connectivity index (χ0v) is 10.3. The lowest BCUT2D eigenvalue weighted by molar-refractivity contribution is -0.145. The van der Waals surface area contributed by atoms with Crippen molar-refractivity contribution in [2.24, 2.45) is 0 Å². The molecule has 1 saturated carbocycles. The van der Waals surface area contributed by atoms with Gasteiger partial charge in [0, 0.05) is 6.04 Å². The third kappa shape index (κ3) is 3.89. The molecule has 0 aromatic carbocycles. The molecule has 1 rings (SSSR count). The Hall–Kier alpha value is -1.30. The van der Waals surface area contributed by atoms with Crippen LogP contribution < -0.4 is 0 Å². The summed E-state index contributed by atoms with van der Waals surface area (Å²) in [6.45, 7) is 4.53. The number of aliphatic carboxylic acids is 1. The second-order valence-corrected chi connectivity index (χ2v) is 5.16. The number of carboxylic acids is 1. The zero-order chi connectivity index (χ0) is 13.2. The number of aliphatic hydroxyl groups excluding tert-OH is 1. The fourth-order valence-electron chi connectivity index (χ4n) is 1.48. The van der Waals surface area contributed by atoms with Crippen LogP contribution in [0.15, 0.2) is 0 Å². The summed E-state index contributed by atoms with van der Waals surface area (Å²) in [7, 11) is 0. The van der Waals surface area contributed by atoms with Crippen molar-refractivity contribution in [3.05, 3.63) is 0 Å². The summed E-state index contributed by atoms with van der Waals surface area (Å²) in [6.07, 6.45) is 0.827. The van der Waals surface area contributed by atoms with Gasteiger partial charge in [0.15, 0.2) is 6.04 Å². The van der Waals surface area contributed by atoms with E-state index in [4.69, 9.17) is 14.9 Å². The second-order valence-electron chi connectivity index (χ2n) is 5.16. The molecule has 0 radical (unpaired) electrons. The summed E-state index contributed by atoms with van der Waals surface area (Å²) in [5.41, 5.74) is -0.678. The first kappa shape index (κ1) is 13.8. The molecule has 0 spiro atoms. The van der Waals surface area contributed by atoms with Gasteiger partial charge in [-0.25, -0.2) is 9.59 Å². The summed E-state index contributed by atoms with van der Waals surface area (Å²) in [5, 5.41) is 18.0. The number of carbonyl (C=O) groups is 2. The highest BCUT2D eigenvalue weighted by Crippen LogP contribution is 2.30. The van der Waals surface area contributed by atoms with Crippen LogP contribution in [0.5, 0.6) is 0 Å². The first-order valence-electron chi connectivity index (χ1n) is 5.61. The third-order valence-electron chi connectivity index (χ3n) is 2.34. The number of ether oxygens (including phenoxy) is 1. The van der Waals surface area contributed by atoms with Gasteiger partial charge in [-0.2, -0.15) is 0 Å². The van der Waals surface area contributed by atoms with E-state index >= 15 is 0 Å². The van der Waals surface area contributed by atoms with E-state index in [9.17, 15) is 9.59 Å². The highest BCUT2D eigenvalue weighted by molar-refractivity contribution is 5.80. The van der Waals surface area contributed by atoms with Crippen molar-refractivity contribution in [1.29, 1.82) is 0 Å². The van der Waals surface area contributed by atoms with E-state index in [2.05, 4.69) is 0 Å². The maximum atomic E-state index is 11.9. The minimum absolute atomic E-state index is 0.127. The molecule has 0 aromatic rings. The Morgan fingerprint density at radius 1 is 1.41 bits per heavy atom. The van der Waals surface area contributed by atoms with Crippen LogP contribution in [0.2, 0.25) is 0 Å². The van der Waals surface area contributed by atoms with E-state index in [1.54, 1.807) is 20.8 Å². The molecular formula is C11H19NO5. The molecule has 0 saturated heterocycles. The van der Waals surface area contributed by atoms with Gasteiger partial charge in [-0.15, -0.1) is 0 Å². The molecule has 98 valence electrons. The number of rotatable bonds is 4. The highest BCUT2D eigenvalue weighted by Gasteiger charge is 2.42. The quantitative estimate of drug-likeness (QED) is 0.766. The maximum absolute atomic E-state index is 11.9. The third-order valence-corrected chi connectivity index (χ3v) is 2.34. The number of amides is 1. The van der Waals surface area contributed by atoms with E-state index in [0.29, 0.717) is 0 Å². The molecule has 17 heavy (non-hydrogen) atoms. The van der Waals surface area contributed by atoms with Crippen LogP contribution in [0.25, 0.3) is 0 Å². The molecule has 1 aliphatic rings. The van der Waals surface area contributed by atoms with Crippen molar-refractivity contribution in [2.75, 3.05) is 6.61 Å². The van der Waals surface area contributed by atoms with Crippen molar-refractivity contribution >= 4 is 12.1 Å². The molecule has 1 fully saturated rings. The van der Waals surface area contributed by atoms with Gasteiger partial charge < -0.3 is 14.9 Å². The molecule has 0 bridgehead atoms. The molecule has 1 aliphatic carbocycles. The number of hydrogen-bond donors (Lipinski definition) is 2. The molecule has 1 amide bonds. The predicted octanol–water partition coefficient (Wildman–Crippen LogP) is 0.831. The van der Waals surface area contributed by atoms with Gasteiger partial charge in [0.2, 0.25) is 0 Å². The van der Waals surface area contributed by atoms with Crippen molar-refractivity contribution in [3.63, 3.8) is 0 Å². The largest absolute Gasteiger partial charge is 0.480 e. The number of hydrogen-bond acceptors (Lipinski definition) is 4. The van der Waals surface area contributed by atoms with Crippen LogP contribution in [-0.4, -0.2) is 51.5 Å². The van der Waals surface area contributed by atoms with E-state index in [-0.39, 0.29) is 6.04 Å². The average Bonchev–Trinajstić information content (AvgIpc) is 2.93. The Labute approximate surface area is 100 Å². The van der Waals surface area contributed by atoms with Gasteiger partial charge >= 0.3 is 12.1 Å². The lowest BCUT2D eigenvalue weighted by atomic mass is 10.2. The Balaban J connectivity index is 2.78. The number of nitrogens with zero attached hydrogens (tertiary/aromatic N) is 1. The van der Waals surface area contributed by atoms with Crippen LogP contribution in [0.3, 0.4) is 0 Å². The van der Waals surface area contributed by atoms with Gasteiger partial charge in [0.25, 0.3) is 0 Å². The van der Waals surface area contributed by atoms with E-state index in [0.717, 1.165) is 17.7 Å². The molecule has 0 aromatic heterocycles. The van der Waals surface area contributed by atoms with Crippen LogP contribution in [0, 0.1) is 0 Å². The topological polar surface area (TPSA) is 87.1 Å². The Kier molecular flexibility index (Phi) is 3.98. The molecule has 2 N–H and O–H groups in total. The summed E-state index contributed by atoms with van der Waals surface area (Å²) in [5.74, 6) is -1.22. The monoisotopic (exact) mass is 245 g/mol. The van der Waals surface area contributed by atoms with Crippen molar-refractivity contribution in [3.8, 4) is 0 Å². The first-order chi connectivity index (χ1) is 7.76. The Bertz CT molecular complexity index is 305. The summed E-state index contributed by atoms with van der Waals surface area (Å²) >= 11 is 0. The summed E-state index contributed by atoms with van der Waals surface area (Å²) in [4.78, 5) is 24.0. The molecule has 0 unspecified atom stereocenters. The number of carboxylic acid groups (broad SMARTS) is 1. The summed E-state index contributed by atoms with van der Waals surface area (Å²) < 4.78 is 5.15. The lowest BCUT2D eigenvalue weighted by Crippen LogP contribution is -2.50. The van der Waals surface area contributed by atoms with Crippen molar-refractivity contribution < 1.29 is 24.5 Å². The van der Waals surface area contributed by atoms with Crippen LogP contribution in [-0.2, 0) is 9.53 Å². The van der Waals surface area contributed by atoms with Crippen LogP contribution in [0.4, 0.5) is 4.79 Å². The lowest BCUT2D eigenvalue weighted by Gasteiger charge is -2.30. The Morgan fingerprint density at radius 3 is 2.24 bits per heavy atom. The maximum Gasteiger partial charge on any atom is 0.411 e. The number of aliphatic hydroxyl groups is 1. The zero-order valence-electron chi connectivity index (χ0n) is 10.3. The molecule has 6 heteroatoms. The summed E-state index contributed by atoms with van der Waals surface area (Å²) in [6, 6.07) is -1.35. The van der Waals surface area contributed by atoms with Gasteiger partial charge in [0.1, 0.15) is 5.60 Å². The highest BCUT2D eigenvalue weighted by atomic mass is 16.6. The minimum atomic E-state index is -1.22. The molecule has 0 aliphatic heterocycles. The van der Waals surface area contributed by atoms with Gasteiger partial charge in [-0.3, -0.25) is 4.90 Å². The van der Waals surface area contributed by atoms with Crippen molar-refractivity contribution in [2.45, 2.75) is 51.3 Å². The fourth-order valence-corrected chi connectivity index (χ4v) is 1.48. The molecule has 1 atom stereocenters. The van der Waals surface area contributed by atoms with Gasteiger partial charge in [0.05, 0.1) is 6.61 Å².